The summed E-state index contributed by atoms with van der Waals surface area (Å²) < 4.78 is 10.3. The van der Waals surface area contributed by atoms with Gasteiger partial charge in [0.1, 0.15) is 17.6 Å². The molecule has 5 heteroatoms. The molecule has 0 aliphatic heterocycles. The number of nitrogens with zero attached hydrogens (tertiary/aromatic N) is 1. The lowest BCUT2D eigenvalue weighted by molar-refractivity contribution is 0.0858. The minimum atomic E-state index is -0.0230. The number of rotatable bonds is 5. The standard InChI is InChI=1S/C12H18N2O3/c1-8(2)17-14-12(13)10-7-9(15-3)5-6-11(10)16-4/h5-8H,1-4H3,(H2,13,14). The van der Waals surface area contributed by atoms with E-state index in [-0.39, 0.29) is 11.9 Å². The summed E-state index contributed by atoms with van der Waals surface area (Å²) in [5.74, 6) is 1.57. The van der Waals surface area contributed by atoms with Gasteiger partial charge in [0.05, 0.1) is 19.8 Å². The summed E-state index contributed by atoms with van der Waals surface area (Å²) in [6.45, 7) is 3.75. The quantitative estimate of drug-likeness (QED) is 0.482. The van der Waals surface area contributed by atoms with Crippen LogP contribution in [-0.4, -0.2) is 26.2 Å². The molecule has 0 amide bonds. The van der Waals surface area contributed by atoms with Gasteiger partial charge in [0.15, 0.2) is 5.84 Å². The molecule has 1 rings (SSSR count). The van der Waals surface area contributed by atoms with Crippen molar-refractivity contribution < 1.29 is 14.3 Å². The van der Waals surface area contributed by atoms with Crippen molar-refractivity contribution in [2.75, 3.05) is 14.2 Å². The van der Waals surface area contributed by atoms with E-state index in [2.05, 4.69) is 5.16 Å². The van der Waals surface area contributed by atoms with E-state index in [0.29, 0.717) is 17.1 Å². The number of ether oxygens (including phenoxy) is 2. The van der Waals surface area contributed by atoms with E-state index in [1.165, 1.54) is 0 Å². The van der Waals surface area contributed by atoms with Crippen LogP contribution in [0.5, 0.6) is 11.5 Å². The molecule has 0 heterocycles. The van der Waals surface area contributed by atoms with Crippen molar-refractivity contribution in [3.8, 4) is 11.5 Å². The van der Waals surface area contributed by atoms with Gasteiger partial charge in [-0.15, -0.1) is 0 Å². The first-order valence-corrected chi connectivity index (χ1v) is 5.30. The summed E-state index contributed by atoms with van der Waals surface area (Å²) >= 11 is 0. The first-order chi connectivity index (χ1) is 8.08. The van der Waals surface area contributed by atoms with Gasteiger partial charge < -0.3 is 20.0 Å². The monoisotopic (exact) mass is 238 g/mol. The highest BCUT2D eigenvalue weighted by atomic mass is 16.6. The third-order valence-corrected chi connectivity index (χ3v) is 2.04. The van der Waals surface area contributed by atoms with Gasteiger partial charge in [-0.25, -0.2) is 0 Å². The summed E-state index contributed by atoms with van der Waals surface area (Å²) in [4.78, 5) is 5.10. The minimum Gasteiger partial charge on any atom is -0.497 e. The van der Waals surface area contributed by atoms with Gasteiger partial charge in [-0.05, 0) is 32.0 Å². The van der Waals surface area contributed by atoms with Crippen LogP contribution in [0.15, 0.2) is 23.4 Å². The molecule has 0 aliphatic carbocycles. The molecule has 0 atom stereocenters. The Kier molecular flexibility index (Phi) is 4.63. The molecule has 1 aromatic carbocycles. The topological polar surface area (TPSA) is 66.1 Å². The van der Waals surface area contributed by atoms with Gasteiger partial charge in [-0.3, -0.25) is 0 Å². The zero-order chi connectivity index (χ0) is 12.8. The summed E-state index contributed by atoms with van der Waals surface area (Å²) in [6.07, 6.45) is -0.0230. The Morgan fingerprint density at radius 2 is 1.94 bits per heavy atom. The molecule has 5 nitrogen and oxygen atoms in total. The van der Waals surface area contributed by atoms with Crippen LogP contribution < -0.4 is 15.2 Å². The molecule has 0 spiro atoms. The SMILES string of the molecule is COc1ccc(OC)c(/C(N)=N/OC(C)C)c1. The van der Waals surface area contributed by atoms with Crippen molar-refractivity contribution in [1.82, 2.24) is 0 Å². The smallest absolute Gasteiger partial charge is 0.174 e. The van der Waals surface area contributed by atoms with E-state index in [1.54, 1.807) is 32.4 Å². The molecule has 0 saturated heterocycles. The zero-order valence-corrected chi connectivity index (χ0v) is 10.6. The van der Waals surface area contributed by atoms with E-state index in [9.17, 15) is 0 Å². The second-order valence-corrected chi connectivity index (χ2v) is 3.70. The molecule has 0 radical (unpaired) electrons. The zero-order valence-electron chi connectivity index (χ0n) is 10.6. The van der Waals surface area contributed by atoms with Gasteiger partial charge in [0.25, 0.3) is 0 Å². The van der Waals surface area contributed by atoms with Crippen LogP contribution in [0.4, 0.5) is 0 Å². The van der Waals surface area contributed by atoms with E-state index in [1.807, 2.05) is 13.8 Å². The molecule has 0 fully saturated rings. The predicted octanol–water partition coefficient (Wildman–Crippen LogP) is 1.75. The molecular weight excluding hydrogens is 220 g/mol. The number of oxime groups is 1. The Labute approximate surface area is 101 Å². The Hall–Kier alpha value is -1.91. The molecule has 0 bridgehead atoms. The van der Waals surface area contributed by atoms with Crippen molar-refractivity contribution in [2.45, 2.75) is 20.0 Å². The Morgan fingerprint density at radius 1 is 1.24 bits per heavy atom. The maximum absolute atomic E-state index is 5.83. The molecule has 0 unspecified atom stereocenters. The Bertz CT molecular complexity index is 403. The van der Waals surface area contributed by atoms with E-state index < -0.39 is 0 Å². The fourth-order valence-electron chi connectivity index (χ4n) is 1.23. The summed E-state index contributed by atoms with van der Waals surface area (Å²) in [5, 5.41) is 3.84. The van der Waals surface area contributed by atoms with Crippen LogP contribution in [0.2, 0.25) is 0 Å². The number of hydrogen-bond donors (Lipinski definition) is 1. The van der Waals surface area contributed by atoms with E-state index in [4.69, 9.17) is 20.0 Å². The first-order valence-electron chi connectivity index (χ1n) is 5.30. The molecule has 17 heavy (non-hydrogen) atoms. The maximum Gasteiger partial charge on any atom is 0.174 e. The van der Waals surface area contributed by atoms with Crippen LogP contribution in [0, 0.1) is 0 Å². The number of hydrogen-bond acceptors (Lipinski definition) is 4. The lowest BCUT2D eigenvalue weighted by atomic mass is 10.1. The number of amidine groups is 1. The predicted molar refractivity (Wildman–Crippen MR) is 66.5 cm³/mol. The summed E-state index contributed by atoms with van der Waals surface area (Å²) in [6, 6.07) is 5.31. The third kappa shape index (κ3) is 3.55. The number of methoxy groups -OCH3 is 2. The van der Waals surface area contributed by atoms with Crippen molar-refractivity contribution in [3.05, 3.63) is 23.8 Å². The Balaban J connectivity index is 3.04. The lowest BCUT2D eigenvalue weighted by Gasteiger charge is -2.10. The van der Waals surface area contributed by atoms with Crippen LogP contribution in [0.1, 0.15) is 19.4 Å². The third-order valence-electron chi connectivity index (χ3n) is 2.04. The fourth-order valence-corrected chi connectivity index (χ4v) is 1.23. The van der Waals surface area contributed by atoms with Gasteiger partial charge in [0.2, 0.25) is 0 Å². The fraction of sp³-hybridized carbons (Fsp3) is 0.417. The normalized spacial score (nSPS) is 11.5. The second-order valence-electron chi connectivity index (χ2n) is 3.70. The maximum atomic E-state index is 5.83. The van der Waals surface area contributed by atoms with Gasteiger partial charge in [-0.1, -0.05) is 5.16 Å². The average molecular weight is 238 g/mol. The van der Waals surface area contributed by atoms with Gasteiger partial charge >= 0.3 is 0 Å². The van der Waals surface area contributed by atoms with Crippen LogP contribution in [0.3, 0.4) is 0 Å². The van der Waals surface area contributed by atoms with Crippen LogP contribution >= 0.6 is 0 Å². The molecule has 0 aliphatic rings. The highest BCUT2D eigenvalue weighted by Gasteiger charge is 2.09. The average Bonchev–Trinajstić information content (AvgIpc) is 2.34. The van der Waals surface area contributed by atoms with E-state index in [0.717, 1.165) is 0 Å². The van der Waals surface area contributed by atoms with E-state index >= 15 is 0 Å². The first kappa shape index (κ1) is 13.2. The molecule has 0 saturated carbocycles. The summed E-state index contributed by atoms with van der Waals surface area (Å²) in [7, 11) is 3.16. The molecule has 94 valence electrons. The van der Waals surface area contributed by atoms with Crippen LogP contribution in [-0.2, 0) is 4.84 Å². The van der Waals surface area contributed by atoms with Crippen molar-refractivity contribution in [2.24, 2.45) is 10.9 Å². The van der Waals surface area contributed by atoms with Crippen LogP contribution in [0.25, 0.3) is 0 Å². The Morgan fingerprint density at radius 3 is 2.47 bits per heavy atom. The molecule has 0 aromatic heterocycles. The molecule has 2 N–H and O–H groups in total. The van der Waals surface area contributed by atoms with Gasteiger partial charge in [0, 0.05) is 0 Å². The number of nitrogens with two attached hydrogens (primary N) is 1. The van der Waals surface area contributed by atoms with Crippen molar-refractivity contribution in [1.29, 1.82) is 0 Å². The minimum absolute atomic E-state index is 0.0230. The summed E-state index contributed by atoms with van der Waals surface area (Å²) in [5.41, 5.74) is 6.48. The van der Waals surface area contributed by atoms with Crippen molar-refractivity contribution in [3.63, 3.8) is 0 Å². The van der Waals surface area contributed by atoms with Gasteiger partial charge in [-0.2, -0.15) is 0 Å². The van der Waals surface area contributed by atoms with Crippen molar-refractivity contribution >= 4 is 5.84 Å². The number of benzene rings is 1. The highest BCUT2D eigenvalue weighted by Crippen LogP contribution is 2.23. The second kappa shape index (κ2) is 5.98. The largest absolute Gasteiger partial charge is 0.497 e. The molecule has 1 aromatic rings. The highest BCUT2D eigenvalue weighted by molar-refractivity contribution is 6.00. The lowest BCUT2D eigenvalue weighted by Crippen LogP contribution is -2.16. The molecular formula is C12H18N2O3.